The Bertz CT molecular complexity index is 369. The molecule has 0 radical (unpaired) electrons. The van der Waals surface area contributed by atoms with Crippen LogP contribution in [0.1, 0.15) is 5.56 Å². The summed E-state index contributed by atoms with van der Waals surface area (Å²) >= 11 is 3.28. The summed E-state index contributed by atoms with van der Waals surface area (Å²) in [4.78, 5) is -0.0641. The number of hydrogen-bond donors (Lipinski definition) is 1. The molecule has 0 saturated heterocycles. The molecule has 0 fully saturated rings. The lowest BCUT2D eigenvalue weighted by atomic mass is 10.2. The van der Waals surface area contributed by atoms with Crippen LogP contribution in [0.2, 0.25) is 0 Å². The Balaban J connectivity index is 2.94. The average molecular weight is 265 g/mol. The fourth-order valence-electron chi connectivity index (χ4n) is 0.937. The molecule has 72 valence electrons. The molecule has 0 spiro atoms. The molecule has 0 aromatic heterocycles. The van der Waals surface area contributed by atoms with Crippen molar-refractivity contribution in [3.05, 3.63) is 29.8 Å². The van der Waals surface area contributed by atoms with Crippen LogP contribution in [-0.4, -0.2) is 18.3 Å². The van der Waals surface area contributed by atoms with Gasteiger partial charge in [0, 0.05) is 5.33 Å². The Morgan fingerprint density at radius 1 is 1.23 bits per heavy atom. The summed E-state index contributed by atoms with van der Waals surface area (Å²) < 4.78 is 30.0. The molecule has 3 nitrogen and oxygen atoms in total. The number of aryl methyl sites for hydroxylation is 1. The molecule has 0 atom stereocenters. The van der Waals surface area contributed by atoms with Gasteiger partial charge in [0.15, 0.2) is 0 Å². The summed E-state index contributed by atoms with van der Waals surface area (Å²) in [6, 6.07) is 6.16. The van der Waals surface area contributed by atoms with Crippen LogP contribution in [0.5, 0.6) is 0 Å². The summed E-state index contributed by atoms with van der Waals surface area (Å²) in [7, 11) is -4.05. The van der Waals surface area contributed by atoms with E-state index in [9.17, 15) is 8.42 Å². The highest BCUT2D eigenvalue weighted by molar-refractivity contribution is 9.09. The highest BCUT2D eigenvalue weighted by atomic mass is 79.9. The van der Waals surface area contributed by atoms with Gasteiger partial charge in [0.25, 0.3) is 10.1 Å². The molecule has 0 amide bonds. The third kappa shape index (κ3) is 3.10. The van der Waals surface area contributed by atoms with Gasteiger partial charge < -0.3 is 0 Å². The maximum absolute atomic E-state index is 10.6. The number of halogens is 1. The Hall–Kier alpha value is -0.390. The van der Waals surface area contributed by atoms with E-state index in [1.165, 1.54) is 12.1 Å². The van der Waals surface area contributed by atoms with Crippen molar-refractivity contribution in [1.29, 1.82) is 0 Å². The zero-order valence-corrected chi connectivity index (χ0v) is 9.18. The van der Waals surface area contributed by atoms with E-state index in [-0.39, 0.29) is 4.90 Å². The normalized spacial score (nSPS) is 11.5. The van der Waals surface area contributed by atoms with E-state index in [2.05, 4.69) is 15.9 Å². The van der Waals surface area contributed by atoms with Crippen molar-refractivity contribution in [2.45, 2.75) is 11.3 Å². The van der Waals surface area contributed by atoms with E-state index in [1.807, 2.05) is 0 Å². The zero-order chi connectivity index (χ0) is 9.90. The molecule has 5 heteroatoms. The van der Waals surface area contributed by atoms with Crippen molar-refractivity contribution in [1.82, 2.24) is 0 Å². The van der Waals surface area contributed by atoms with Crippen LogP contribution in [0, 0.1) is 0 Å². The summed E-state index contributed by atoms with van der Waals surface area (Å²) in [6.07, 6.45) is 0.839. The third-order valence-electron chi connectivity index (χ3n) is 1.60. The van der Waals surface area contributed by atoms with Gasteiger partial charge in [-0.2, -0.15) is 8.42 Å². The van der Waals surface area contributed by atoms with Crippen molar-refractivity contribution < 1.29 is 13.0 Å². The van der Waals surface area contributed by atoms with Crippen molar-refractivity contribution in [3.8, 4) is 0 Å². The van der Waals surface area contributed by atoms with Crippen molar-refractivity contribution in [3.63, 3.8) is 0 Å². The quantitative estimate of drug-likeness (QED) is 0.670. The average Bonchev–Trinajstić information content (AvgIpc) is 2.04. The summed E-state index contributed by atoms with van der Waals surface area (Å²) in [5.41, 5.74) is 1.03. The van der Waals surface area contributed by atoms with E-state index in [0.717, 1.165) is 17.3 Å². The number of benzene rings is 1. The van der Waals surface area contributed by atoms with Gasteiger partial charge in [-0.05, 0) is 24.1 Å². The Morgan fingerprint density at radius 2 is 1.77 bits per heavy atom. The predicted octanol–water partition coefficient (Wildman–Crippen LogP) is 1.87. The smallest absolute Gasteiger partial charge is 0.282 e. The molecule has 0 bridgehead atoms. The van der Waals surface area contributed by atoms with Gasteiger partial charge in [-0.15, -0.1) is 0 Å². The lowest BCUT2D eigenvalue weighted by Gasteiger charge is -1.99. The maximum atomic E-state index is 10.6. The van der Waals surface area contributed by atoms with Gasteiger partial charge in [0.2, 0.25) is 0 Å². The molecular weight excluding hydrogens is 256 g/mol. The van der Waals surface area contributed by atoms with E-state index in [4.69, 9.17) is 4.55 Å². The van der Waals surface area contributed by atoms with E-state index < -0.39 is 10.1 Å². The molecule has 0 heterocycles. The van der Waals surface area contributed by atoms with Gasteiger partial charge >= 0.3 is 0 Å². The lowest BCUT2D eigenvalue weighted by Crippen LogP contribution is -1.97. The minimum Gasteiger partial charge on any atom is -0.282 e. The van der Waals surface area contributed by atoms with Gasteiger partial charge in [-0.1, -0.05) is 28.1 Å². The second-order valence-electron chi connectivity index (χ2n) is 2.56. The minimum atomic E-state index is -4.05. The molecule has 0 aliphatic carbocycles. The van der Waals surface area contributed by atoms with Gasteiger partial charge in [0.05, 0.1) is 4.90 Å². The zero-order valence-electron chi connectivity index (χ0n) is 6.77. The number of alkyl halides is 1. The fraction of sp³-hybridized carbons (Fsp3) is 0.250. The van der Waals surface area contributed by atoms with Crippen molar-refractivity contribution >= 4 is 26.0 Å². The molecule has 13 heavy (non-hydrogen) atoms. The Morgan fingerprint density at radius 3 is 2.15 bits per heavy atom. The number of rotatable bonds is 3. The highest BCUT2D eigenvalue weighted by Gasteiger charge is 2.07. The van der Waals surface area contributed by atoms with Gasteiger partial charge in [0.1, 0.15) is 0 Å². The largest absolute Gasteiger partial charge is 0.294 e. The van der Waals surface area contributed by atoms with Gasteiger partial charge in [-0.3, -0.25) is 4.55 Å². The first-order chi connectivity index (χ1) is 6.04. The van der Waals surface area contributed by atoms with Crippen LogP contribution in [0.25, 0.3) is 0 Å². The van der Waals surface area contributed by atoms with Gasteiger partial charge in [-0.25, -0.2) is 0 Å². The molecule has 1 N–H and O–H groups in total. The Kier molecular flexibility index (Phi) is 3.47. The molecule has 1 rings (SSSR count). The lowest BCUT2D eigenvalue weighted by molar-refractivity contribution is 0.483. The molecule has 0 aliphatic heterocycles. The second kappa shape index (κ2) is 4.21. The minimum absolute atomic E-state index is 0.0641. The molecule has 0 unspecified atom stereocenters. The van der Waals surface area contributed by atoms with Crippen LogP contribution < -0.4 is 0 Å². The summed E-state index contributed by atoms with van der Waals surface area (Å²) in [5, 5.41) is 0.832. The summed E-state index contributed by atoms with van der Waals surface area (Å²) in [5.74, 6) is 0. The molecule has 1 aromatic carbocycles. The Labute approximate surface area is 85.7 Å². The third-order valence-corrected chi connectivity index (χ3v) is 2.87. The SMILES string of the molecule is O=S(=O)(O)c1ccc(CCBr)cc1. The second-order valence-corrected chi connectivity index (χ2v) is 4.77. The first-order valence-corrected chi connectivity index (χ1v) is 6.22. The van der Waals surface area contributed by atoms with Crippen LogP contribution in [0.15, 0.2) is 29.2 Å². The maximum Gasteiger partial charge on any atom is 0.294 e. The molecule has 1 aromatic rings. The van der Waals surface area contributed by atoms with E-state index >= 15 is 0 Å². The summed E-state index contributed by atoms with van der Waals surface area (Å²) in [6.45, 7) is 0. The molecule has 0 saturated carbocycles. The van der Waals surface area contributed by atoms with Crippen molar-refractivity contribution in [2.75, 3.05) is 5.33 Å². The molecular formula is C8H9BrO3S. The van der Waals surface area contributed by atoms with Crippen molar-refractivity contribution in [2.24, 2.45) is 0 Å². The topological polar surface area (TPSA) is 54.4 Å². The number of hydrogen-bond acceptors (Lipinski definition) is 2. The van der Waals surface area contributed by atoms with E-state index in [0.29, 0.717) is 0 Å². The standard InChI is InChI=1S/C8H9BrO3S/c9-6-5-7-1-3-8(4-2-7)13(10,11)12/h1-4H,5-6H2,(H,10,11,12). The monoisotopic (exact) mass is 264 g/mol. The first kappa shape index (κ1) is 10.7. The molecule has 0 aliphatic rings. The predicted molar refractivity (Wildman–Crippen MR) is 53.8 cm³/mol. The fourth-order valence-corrected chi connectivity index (χ4v) is 1.88. The van der Waals surface area contributed by atoms with Crippen LogP contribution in [0.4, 0.5) is 0 Å². The van der Waals surface area contributed by atoms with Crippen LogP contribution in [-0.2, 0) is 16.5 Å². The first-order valence-electron chi connectivity index (χ1n) is 3.66. The van der Waals surface area contributed by atoms with E-state index in [1.54, 1.807) is 12.1 Å². The van der Waals surface area contributed by atoms with Crippen LogP contribution in [0.3, 0.4) is 0 Å². The highest BCUT2D eigenvalue weighted by Crippen LogP contribution is 2.10. The van der Waals surface area contributed by atoms with Crippen LogP contribution >= 0.6 is 15.9 Å².